The molecule has 0 spiro atoms. The van der Waals surface area contributed by atoms with Crippen LogP contribution in [0.2, 0.25) is 0 Å². The van der Waals surface area contributed by atoms with Crippen LogP contribution in [0.5, 0.6) is 0 Å². The molecule has 2 unspecified atom stereocenters. The Morgan fingerprint density at radius 1 is 1.39 bits per heavy atom. The summed E-state index contributed by atoms with van der Waals surface area (Å²) < 4.78 is 33.1. The van der Waals surface area contributed by atoms with E-state index in [9.17, 15) is 8.42 Å². The van der Waals surface area contributed by atoms with Gasteiger partial charge in [-0.05, 0) is 37.5 Å². The summed E-state index contributed by atoms with van der Waals surface area (Å²) >= 11 is 3.28. The van der Waals surface area contributed by atoms with Crippen LogP contribution in [0.4, 0.5) is 0 Å². The molecule has 0 saturated heterocycles. The molecule has 0 bridgehead atoms. The molecule has 1 N–H and O–H groups in total. The Balaban J connectivity index is 2.09. The molecule has 1 aromatic carbocycles. The van der Waals surface area contributed by atoms with Crippen molar-refractivity contribution < 1.29 is 13.2 Å². The van der Waals surface area contributed by atoms with Gasteiger partial charge in [-0.1, -0.05) is 22.0 Å². The Bertz CT molecular complexity index is 518. The first-order valence-corrected chi connectivity index (χ1v) is 8.09. The summed E-state index contributed by atoms with van der Waals surface area (Å²) in [5, 5.41) is 0. The van der Waals surface area contributed by atoms with Crippen LogP contribution in [0.15, 0.2) is 33.6 Å². The number of nitrogens with one attached hydrogen (secondary N) is 1. The van der Waals surface area contributed by atoms with Crippen LogP contribution >= 0.6 is 15.9 Å². The Morgan fingerprint density at radius 3 is 2.78 bits per heavy atom. The van der Waals surface area contributed by atoms with Crippen LogP contribution in [0.3, 0.4) is 0 Å². The van der Waals surface area contributed by atoms with Crippen molar-refractivity contribution in [1.82, 2.24) is 4.72 Å². The van der Waals surface area contributed by atoms with Gasteiger partial charge >= 0.3 is 0 Å². The van der Waals surface area contributed by atoms with Gasteiger partial charge in [0, 0.05) is 17.6 Å². The average molecular weight is 334 g/mol. The lowest BCUT2D eigenvalue weighted by molar-refractivity contribution is 0.107. The largest absolute Gasteiger partial charge is 0.381 e. The molecule has 100 valence electrons. The first-order chi connectivity index (χ1) is 8.51. The van der Waals surface area contributed by atoms with E-state index in [1.807, 2.05) is 0 Å². The van der Waals surface area contributed by atoms with Crippen LogP contribution < -0.4 is 4.72 Å². The Kier molecular flexibility index (Phi) is 4.42. The molecule has 0 amide bonds. The molecule has 2 rings (SSSR count). The van der Waals surface area contributed by atoms with Gasteiger partial charge in [0.2, 0.25) is 10.0 Å². The van der Waals surface area contributed by atoms with Gasteiger partial charge in [0.25, 0.3) is 0 Å². The summed E-state index contributed by atoms with van der Waals surface area (Å²) in [6.45, 7) is 0. The minimum absolute atomic E-state index is 0.0288. The van der Waals surface area contributed by atoms with Crippen LogP contribution in [0.1, 0.15) is 19.3 Å². The second-order valence-corrected chi connectivity index (χ2v) is 7.08. The van der Waals surface area contributed by atoms with Crippen molar-refractivity contribution in [1.29, 1.82) is 0 Å². The highest BCUT2D eigenvalue weighted by Crippen LogP contribution is 2.24. The number of sulfonamides is 1. The third-order valence-corrected chi connectivity index (χ3v) is 5.16. The lowest BCUT2D eigenvalue weighted by Crippen LogP contribution is -2.33. The fraction of sp³-hybridized carbons (Fsp3) is 0.500. The lowest BCUT2D eigenvalue weighted by atomic mass is 10.3. The highest BCUT2D eigenvalue weighted by molar-refractivity contribution is 9.10. The van der Waals surface area contributed by atoms with E-state index < -0.39 is 10.0 Å². The normalized spacial score (nSPS) is 24.3. The maximum absolute atomic E-state index is 12.2. The predicted octanol–water partition coefficient (Wildman–Crippen LogP) is 2.29. The van der Waals surface area contributed by atoms with Crippen molar-refractivity contribution in [2.24, 2.45) is 0 Å². The third kappa shape index (κ3) is 3.32. The molecule has 0 radical (unpaired) electrons. The predicted molar refractivity (Wildman–Crippen MR) is 72.9 cm³/mol. The average Bonchev–Trinajstić information content (AvgIpc) is 2.76. The van der Waals surface area contributed by atoms with Gasteiger partial charge in [-0.15, -0.1) is 0 Å². The van der Waals surface area contributed by atoms with Crippen LogP contribution in [-0.2, 0) is 14.8 Å². The minimum atomic E-state index is -3.43. The SMILES string of the molecule is COC1CCC(NS(=O)(=O)c2cccc(Br)c2)C1. The van der Waals surface area contributed by atoms with Crippen molar-refractivity contribution in [3.05, 3.63) is 28.7 Å². The molecule has 0 aromatic heterocycles. The second-order valence-electron chi connectivity index (χ2n) is 4.45. The van der Waals surface area contributed by atoms with Gasteiger partial charge < -0.3 is 4.74 Å². The standard InChI is InChI=1S/C12H16BrNO3S/c1-17-11-6-5-10(8-11)14-18(15,16)12-4-2-3-9(13)7-12/h2-4,7,10-11,14H,5-6,8H2,1H3. The minimum Gasteiger partial charge on any atom is -0.381 e. The number of hydrogen-bond donors (Lipinski definition) is 1. The molecule has 18 heavy (non-hydrogen) atoms. The third-order valence-electron chi connectivity index (χ3n) is 3.15. The Hall–Kier alpha value is -0.430. The Labute approximate surface area is 116 Å². The molecule has 1 aliphatic carbocycles. The van der Waals surface area contributed by atoms with Crippen molar-refractivity contribution in [2.75, 3.05) is 7.11 Å². The quantitative estimate of drug-likeness (QED) is 0.919. The molecule has 6 heteroatoms. The fourth-order valence-corrected chi connectivity index (χ4v) is 4.06. The maximum Gasteiger partial charge on any atom is 0.240 e. The summed E-state index contributed by atoms with van der Waals surface area (Å²) in [4.78, 5) is 0.290. The number of hydrogen-bond acceptors (Lipinski definition) is 3. The van der Waals surface area contributed by atoms with Crippen molar-refractivity contribution in [3.8, 4) is 0 Å². The van der Waals surface area contributed by atoms with Crippen LogP contribution in [0.25, 0.3) is 0 Å². The fourth-order valence-electron chi connectivity index (χ4n) is 2.18. The van der Waals surface area contributed by atoms with E-state index in [2.05, 4.69) is 20.7 Å². The summed E-state index contributed by atoms with van der Waals surface area (Å²) in [5.74, 6) is 0. The van der Waals surface area contributed by atoms with Crippen LogP contribution in [0, 0.1) is 0 Å². The van der Waals surface area contributed by atoms with Gasteiger partial charge in [0.15, 0.2) is 0 Å². The van der Waals surface area contributed by atoms with E-state index in [1.165, 1.54) is 0 Å². The molecule has 1 aliphatic rings. The van der Waals surface area contributed by atoms with Crippen molar-refractivity contribution in [2.45, 2.75) is 36.3 Å². The lowest BCUT2D eigenvalue weighted by Gasteiger charge is -2.13. The highest BCUT2D eigenvalue weighted by atomic mass is 79.9. The first-order valence-electron chi connectivity index (χ1n) is 5.82. The zero-order valence-corrected chi connectivity index (χ0v) is 12.5. The molecule has 1 aromatic rings. The number of methoxy groups -OCH3 is 1. The van der Waals surface area contributed by atoms with Gasteiger partial charge in [-0.2, -0.15) is 0 Å². The second kappa shape index (κ2) is 5.69. The number of ether oxygens (including phenoxy) is 1. The molecular weight excluding hydrogens is 318 g/mol. The molecule has 1 saturated carbocycles. The summed E-state index contributed by atoms with van der Waals surface area (Å²) in [6.07, 6.45) is 2.64. The van der Waals surface area contributed by atoms with E-state index in [0.29, 0.717) is 0 Å². The number of benzene rings is 1. The van der Waals surface area contributed by atoms with Gasteiger partial charge in [0.1, 0.15) is 0 Å². The zero-order chi connectivity index (χ0) is 13.2. The van der Waals surface area contributed by atoms with E-state index >= 15 is 0 Å². The van der Waals surface area contributed by atoms with Gasteiger partial charge in [-0.3, -0.25) is 0 Å². The highest BCUT2D eigenvalue weighted by Gasteiger charge is 2.28. The van der Waals surface area contributed by atoms with E-state index in [0.717, 1.165) is 23.7 Å². The molecule has 1 fully saturated rings. The Morgan fingerprint density at radius 2 is 2.17 bits per heavy atom. The van der Waals surface area contributed by atoms with Crippen molar-refractivity contribution in [3.63, 3.8) is 0 Å². The number of halogens is 1. The van der Waals surface area contributed by atoms with Gasteiger partial charge in [0.05, 0.1) is 11.0 Å². The zero-order valence-electron chi connectivity index (χ0n) is 10.1. The maximum atomic E-state index is 12.2. The van der Waals surface area contributed by atoms with Gasteiger partial charge in [-0.25, -0.2) is 13.1 Å². The molecule has 4 nitrogen and oxygen atoms in total. The van der Waals surface area contributed by atoms with Crippen LogP contribution in [-0.4, -0.2) is 27.7 Å². The molecule has 0 aliphatic heterocycles. The summed E-state index contributed by atoms with van der Waals surface area (Å²) in [6, 6.07) is 6.68. The van der Waals surface area contributed by atoms with Crippen molar-refractivity contribution >= 4 is 26.0 Å². The summed E-state index contributed by atoms with van der Waals surface area (Å²) in [5.41, 5.74) is 0. The van der Waals surface area contributed by atoms with E-state index in [4.69, 9.17) is 4.74 Å². The van der Waals surface area contributed by atoms with E-state index in [-0.39, 0.29) is 17.0 Å². The summed E-state index contributed by atoms with van der Waals surface area (Å²) in [7, 11) is -1.77. The molecule has 0 heterocycles. The number of rotatable bonds is 4. The molecule has 2 atom stereocenters. The topological polar surface area (TPSA) is 55.4 Å². The smallest absolute Gasteiger partial charge is 0.240 e. The molecular formula is C12H16BrNO3S. The van der Waals surface area contributed by atoms with E-state index in [1.54, 1.807) is 31.4 Å². The monoisotopic (exact) mass is 333 g/mol. The first kappa shape index (κ1) is 14.0.